The summed E-state index contributed by atoms with van der Waals surface area (Å²) in [6.45, 7) is 13.0. The molecule has 1 heterocycles. The summed E-state index contributed by atoms with van der Waals surface area (Å²) >= 11 is 0. The standard InChI is InChI=1S/C28H43N3O2/c1-16(2)25-26(33)31(18(4)29-25)30-20-11-13-27(5)19(15-20)7-8-21-23-10-9-22(17(3)32)28(23,6)14-12-24(21)27/h15-16,18,21-25,29H,7-14H2,1-6H3/b30-20+/t18-,21+,22-,23+,24+,25?,27+,28-/m1/s1. The first-order chi connectivity index (χ1) is 15.6. The maximum Gasteiger partial charge on any atom is 0.261 e. The van der Waals surface area contributed by atoms with Gasteiger partial charge in [0.2, 0.25) is 0 Å². The second kappa shape index (κ2) is 8.03. The zero-order chi connectivity index (χ0) is 23.7. The van der Waals surface area contributed by atoms with Gasteiger partial charge in [0.15, 0.2) is 0 Å². The van der Waals surface area contributed by atoms with Gasteiger partial charge in [0.25, 0.3) is 5.91 Å². The normalized spacial score (nSPS) is 46.3. The second-order valence-corrected chi connectivity index (χ2v) is 12.6. The maximum absolute atomic E-state index is 12.9. The molecule has 4 fully saturated rings. The summed E-state index contributed by atoms with van der Waals surface area (Å²) in [5, 5.41) is 9.97. The molecule has 1 amide bonds. The molecule has 5 heteroatoms. The third-order valence-electron chi connectivity index (χ3n) is 10.7. The molecule has 182 valence electrons. The van der Waals surface area contributed by atoms with Gasteiger partial charge in [-0.25, -0.2) is 5.01 Å². The van der Waals surface area contributed by atoms with E-state index in [1.54, 1.807) is 10.6 Å². The monoisotopic (exact) mass is 453 g/mol. The van der Waals surface area contributed by atoms with Crippen LogP contribution in [0.2, 0.25) is 0 Å². The van der Waals surface area contributed by atoms with Crippen LogP contribution in [0.15, 0.2) is 16.8 Å². The van der Waals surface area contributed by atoms with E-state index in [-0.39, 0.29) is 40.8 Å². The van der Waals surface area contributed by atoms with Crippen LogP contribution in [-0.2, 0) is 9.59 Å². The highest BCUT2D eigenvalue weighted by Gasteiger charge is 2.59. The molecule has 0 radical (unpaired) electrons. The van der Waals surface area contributed by atoms with Gasteiger partial charge in [-0.1, -0.05) is 33.3 Å². The number of rotatable bonds is 3. The van der Waals surface area contributed by atoms with Crippen LogP contribution in [0.25, 0.3) is 0 Å². The lowest BCUT2D eigenvalue weighted by molar-refractivity contribution is -0.130. The van der Waals surface area contributed by atoms with Gasteiger partial charge in [-0.3, -0.25) is 14.9 Å². The van der Waals surface area contributed by atoms with Crippen molar-refractivity contribution in [3.63, 3.8) is 0 Å². The number of hydrogen-bond acceptors (Lipinski definition) is 4. The van der Waals surface area contributed by atoms with Crippen LogP contribution < -0.4 is 5.32 Å². The van der Waals surface area contributed by atoms with Gasteiger partial charge in [0.1, 0.15) is 11.9 Å². The first-order valence-electron chi connectivity index (χ1n) is 13.4. The van der Waals surface area contributed by atoms with E-state index in [1.165, 1.54) is 25.7 Å². The highest BCUT2D eigenvalue weighted by atomic mass is 16.2. The summed E-state index contributed by atoms with van der Waals surface area (Å²) in [4.78, 5) is 25.3. The van der Waals surface area contributed by atoms with Crippen LogP contribution in [0, 0.1) is 40.4 Å². The third-order valence-corrected chi connectivity index (χ3v) is 10.7. The molecule has 1 N–H and O–H groups in total. The first-order valence-corrected chi connectivity index (χ1v) is 13.4. The van der Waals surface area contributed by atoms with Crippen LogP contribution in [0.1, 0.15) is 92.9 Å². The summed E-state index contributed by atoms with van der Waals surface area (Å²) in [7, 11) is 0. The van der Waals surface area contributed by atoms with Gasteiger partial charge in [0, 0.05) is 5.92 Å². The lowest BCUT2D eigenvalue weighted by Gasteiger charge is -2.58. The molecule has 3 saturated carbocycles. The Bertz CT molecular complexity index is 907. The van der Waals surface area contributed by atoms with Gasteiger partial charge in [0.05, 0.1) is 11.8 Å². The number of Topliss-reactive ketones (excluding diaryl/α,β-unsaturated/α-hetero) is 1. The van der Waals surface area contributed by atoms with Crippen LogP contribution in [0.4, 0.5) is 0 Å². The fraction of sp³-hybridized carbons (Fsp3) is 0.821. The van der Waals surface area contributed by atoms with E-state index in [2.05, 4.69) is 39.1 Å². The molecule has 5 rings (SSSR count). The van der Waals surface area contributed by atoms with Gasteiger partial charge in [-0.15, -0.1) is 0 Å². The fourth-order valence-corrected chi connectivity index (χ4v) is 8.80. The summed E-state index contributed by atoms with van der Waals surface area (Å²) in [5.41, 5.74) is 3.10. The van der Waals surface area contributed by atoms with Crippen LogP contribution in [0.3, 0.4) is 0 Å². The largest absolute Gasteiger partial charge is 0.300 e. The van der Waals surface area contributed by atoms with E-state index < -0.39 is 0 Å². The van der Waals surface area contributed by atoms with Crippen molar-refractivity contribution in [1.29, 1.82) is 0 Å². The summed E-state index contributed by atoms with van der Waals surface area (Å²) in [6, 6.07) is -0.136. The van der Waals surface area contributed by atoms with Crippen molar-refractivity contribution in [3.8, 4) is 0 Å². The van der Waals surface area contributed by atoms with Crippen molar-refractivity contribution in [2.75, 3.05) is 0 Å². The number of hydrazone groups is 1. The van der Waals surface area contributed by atoms with Crippen LogP contribution >= 0.6 is 0 Å². The lowest BCUT2D eigenvalue weighted by Crippen LogP contribution is -2.51. The van der Waals surface area contributed by atoms with E-state index in [0.29, 0.717) is 11.7 Å². The van der Waals surface area contributed by atoms with Crippen molar-refractivity contribution in [2.45, 2.75) is 105 Å². The molecule has 8 atom stereocenters. The van der Waals surface area contributed by atoms with E-state index >= 15 is 0 Å². The number of fused-ring (bicyclic) bond motifs is 5. The van der Waals surface area contributed by atoms with Gasteiger partial charge >= 0.3 is 0 Å². The van der Waals surface area contributed by atoms with Gasteiger partial charge in [-0.2, -0.15) is 5.10 Å². The molecule has 5 aliphatic rings. The number of amides is 1. The van der Waals surface area contributed by atoms with E-state index in [9.17, 15) is 9.59 Å². The molecule has 1 saturated heterocycles. The Kier molecular flexibility index (Phi) is 5.66. The van der Waals surface area contributed by atoms with Crippen molar-refractivity contribution in [3.05, 3.63) is 11.6 Å². The minimum absolute atomic E-state index is 0.0487. The maximum atomic E-state index is 12.9. The molecule has 0 aromatic rings. The number of carbonyl (C=O) groups is 2. The van der Waals surface area contributed by atoms with Crippen molar-refractivity contribution in [2.24, 2.45) is 45.5 Å². The number of carbonyl (C=O) groups excluding carboxylic acids is 2. The minimum Gasteiger partial charge on any atom is -0.300 e. The molecule has 5 nitrogen and oxygen atoms in total. The fourth-order valence-electron chi connectivity index (χ4n) is 8.80. The van der Waals surface area contributed by atoms with Gasteiger partial charge < -0.3 is 0 Å². The van der Waals surface area contributed by atoms with Gasteiger partial charge in [-0.05, 0) is 106 Å². The van der Waals surface area contributed by atoms with Crippen LogP contribution in [0.5, 0.6) is 0 Å². The smallest absolute Gasteiger partial charge is 0.261 e. The van der Waals surface area contributed by atoms with Crippen molar-refractivity contribution >= 4 is 17.4 Å². The molecule has 0 aromatic heterocycles. The zero-order valence-corrected chi connectivity index (χ0v) is 21.5. The average molecular weight is 454 g/mol. The molecule has 1 aliphatic heterocycles. The molecular weight excluding hydrogens is 410 g/mol. The molecule has 4 aliphatic carbocycles. The number of allylic oxidation sites excluding steroid dienone is 2. The highest BCUT2D eigenvalue weighted by Crippen LogP contribution is 2.66. The topological polar surface area (TPSA) is 61.8 Å². The van der Waals surface area contributed by atoms with Crippen molar-refractivity contribution < 1.29 is 9.59 Å². The van der Waals surface area contributed by atoms with E-state index in [0.717, 1.165) is 43.2 Å². The summed E-state index contributed by atoms with van der Waals surface area (Å²) in [5.74, 6) is 3.26. The van der Waals surface area contributed by atoms with E-state index in [1.807, 2.05) is 13.8 Å². The van der Waals surface area contributed by atoms with Crippen LogP contribution in [-0.4, -0.2) is 34.6 Å². The number of ketones is 1. The molecule has 1 unspecified atom stereocenters. The summed E-state index contributed by atoms with van der Waals surface area (Å²) < 4.78 is 0. The lowest BCUT2D eigenvalue weighted by atomic mass is 9.46. The molecule has 0 aromatic carbocycles. The Morgan fingerprint density at radius 3 is 2.55 bits per heavy atom. The predicted octanol–water partition coefficient (Wildman–Crippen LogP) is 5.31. The first kappa shape index (κ1) is 23.3. The zero-order valence-electron chi connectivity index (χ0n) is 21.5. The van der Waals surface area contributed by atoms with Crippen molar-refractivity contribution in [1.82, 2.24) is 10.3 Å². The highest BCUT2D eigenvalue weighted by molar-refractivity contribution is 5.98. The Morgan fingerprint density at radius 2 is 1.88 bits per heavy atom. The molecule has 0 bridgehead atoms. The molecule has 33 heavy (non-hydrogen) atoms. The predicted molar refractivity (Wildman–Crippen MR) is 131 cm³/mol. The molecule has 0 spiro atoms. The summed E-state index contributed by atoms with van der Waals surface area (Å²) in [6.07, 6.45) is 11.6. The average Bonchev–Trinajstić information content (AvgIpc) is 3.25. The minimum atomic E-state index is -0.136. The Hall–Kier alpha value is -1.49. The van der Waals surface area contributed by atoms with E-state index in [4.69, 9.17) is 5.10 Å². The Balaban J connectivity index is 1.37. The Morgan fingerprint density at radius 1 is 1.12 bits per heavy atom. The third kappa shape index (κ3) is 3.47. The number of hydrogen-bond donors (Lipinski definition) is 1. The molecular formula is C28H43N3O2. The SMILES string of the molecule is CC(=O)[C@H]1CC[C@H]2[C@@H]3CCC4=C/C(=N/N5C(=O)C(C(C)C)N[C@H]5C)CC[C@]4(C)[C@H]3CC[C@]12C. The quantitative estimate of drug-likeness (QED) is 0.630. The Labute approximate surface area is 199 Å². The number of nitrogens with zero attached hydrogens (tertiary/aromatic N) is 2. The number of nitrogens with one attached hydrogen (secondary N) is 1. The second-order valence-electron chi connectivity index (χ2n) is 12.6.